The number of carbonyl (C=O) groups excluding carboxylic acids is 4. The second-order valence-electron chi connectivity index (χ2n) is 10.4. The van der Waals surface area contributed by atoms with E-state index in [2.05, 4.69) is 29.8 Å². The van der Waals surface area contributed by atoms with Crippen LogP contribution in [0.4, 0.5) is 11.4 Å². The molecule has 0 aliphatic rings. The lowest BCUT2D eigenvalue weighted by Crippen LogP contribution is -2.30. The second-order valence-corrected chi connectivity index (χ2v) is 11.8. The minimum Gasteiger partial charge on any atom is -0.366 e. The molecule has 9 heteroatoms. The highest BCUT2D eigenvalue weighted by Gasteiger charge is 2.17. The van der Waals surface area contributed by atoms with Crippen molar-refractivity contribution in [2.24, 2.45) is 5.73 Å². The summed E-state index contributed by atoms with van der Waals surface area (Å²) in [5.74, 6) is -1.24. The van der Waals surface area contributed by atoms with E-state index in [9.17, 15) is 19.2 Å². The zero-order chi connectivity index (χ0) is 31.6. The molecule has 8 nitrogen and oxygen atoms in total. The average Bonchev–Trinajstić information content (AvgIpc) is 3.02. The molecule has 1 atom stereocenters. The Morgan fingerprint density at radius 1 is 0.705 bits per heavy atom. The van der Waals surface area contributed by atoms with E-state index in [1.54, 1.807) is 73.7 Å². The molecule has 0 bridgehead atoms. The summed E-state index contributed by atoms with van der Waals surface area (Å²) in [4.78, 5) is 51.1. The fourth-order valence-electron chi connectivity index (χ4n) is 4.12. The van der Waals surface area contributed by atoms with Gasteiger partial charge in [-0.3, -0.25) is 19.2 Å². The summed E-state index contributed by atoms with van der Waals surface area (Å²) in [7, 11) is 0. The van der Waals surface area contributed by atoms with Crippen LogP contribution in [0.3, 0.4) is 0 Å². The smallest absolute Gasteiger partial charge is 0.272 e. The first-order chi connectivity index (χ1) is 21.1. The molecule has 4 amide bonds. The third-order valence-electron chi connectivity index (χ3n) is 6.67. The number of nitrogens with two attached hydrogens (primary N) is 1. The Kier molecular flexibility index (Phi) is 10.7. The number of benzene rings is 4. The average molecular weight is 607 g/mol. The molecule has 4 rings (SSSR count). The van der Waals surface area contributed by atoms with Crippen LogP contribution in [0, 0.1) is 0 Å². The van der Waals surface area contributed by atoms with Crippen molar-refractivity contribution in [1.29, 1.82) is 0 Å². The van der Waals surface area contributed by atoms with Crippen molar-refractivity contribution >= 4 is 52.8 Å². The van der Waals surface area contributed by atoms with Crippen LogP contribution in [0.2, 0.25) is 0 Å². The van der Waals surface area contributed by atoms with Crippen molar-refractivity contribution in [2.75, 3.05) is 10.6 Å². The van der Waals surface area contributed by atoms with Crippen molar-refractivity contribution in [3.63, 3.8) is 0 Å². The number of hydrogen-bond acceptors (Lipinski definition) is 5. The number of amides is 4. The number of primary amides is 1. The summed E-state index contributed by atoms with van der Waals surface area (Å²) in [5.41, 5.74) is 9.19. The first-order valence-electron chi connectivity index (χ1n) is 14.1. The van der Waals surface area contributed by atoms with Crippen LogP contribution in [0.15, 0.2) is 114 Å². The van der Waals surface area contributed by atoms with Crippen molar-refractivity contribution in [1.82, 2.24) is 5.32 Å². The van der Waals surface area contributed by atoms with Gasteiger partial charge in [0.2, 0.25) is 11.8 Å². The summed E-state index contributed by atoms with van der Waals surface area (Å²) in [6, 6.07) is 30.0. The van der Waals surface area contributed by atoms with Crippen molar-refractivity contribution < 1.29 is 19.2 Å². The zero-order valence-electron chi connectivity index (χ0n) is 24.7. The highest BCUT2D eigenvalue weighted by molar-refractivity contribution is 8.00. The molecular weight excluding hydrogens is 572 g/mol. The van der Waals surface area contributed by atoms with E-state index in [0.717, 1.165) is 10.5 Å². The topological polar surface area (TPSA) is 130 Å². The van der Waals surface area contributed by atoms with Gasteiger partial charge in [0.1, 0.15) is 5.70 Å². The van der Waals surface area contributed by atoms with Gasteiger partial charge in [-0.2, -0.15) is 0 Å². The summed E-state index contributed by atoms with van der Waals surface area (Å²) in [6.07, 6.45) is 1.65. The second kappa shape index (κ2) is 14.8. The van der Waals surface area contributed by atoms with E-state index in [1.807, 2.05) is 42.5 Å². The van der Waals surface area contributed by atoms with E-state index < -0.39 is 23.0 Å². The van der Waals surface area contributed by atoms with Crippen LogP contribution in [0.25, 0.3) is 6.08 Å². The molecule has 0 radical (unpaired) electrons. The molecule has 44 heavy (non-hydrogen) atoms. The van der Waals surface area contributed by atoms with E-state index in [1.165, 1.54) is 17.3 Å². The zero-order valence-corrected chi connectivity index (χ0v) is 25.5. The first-order valence-corrected chi connectivity index (χ1v) is 14.9. The Labute approximate surface area is 261 Å². The lowest BCUT2D eigenvalue weighted by molar-refractivity contribution is -0.115. The van der Waals surface area contributed by atoms with Gasteiger partial charge in [0.25, 0.3) is 11.8 Å². The summed E-state index contributed by atoms with van der Waals surface area (Å²) in [6.45, 7) is 6.00. The molecule has 0 saturated carbocycles. The third kappa shape index (κ3) is 8.92. The third-order valence-corrected chi connectivity index (χ3v) is 7.79. The highest BCUT2D eigenvalue weighted by atomic mass is 32.2. The van der Waals surface area contributed by atoms with Crippen LogP contribution in [-0.2, 0) is 9.59 Å². The minimum atomic E-state index is -0.535. The molecule has 0 aliphatic heterocycles. The Bertz CT molecular complexity index is 1650. The van der Waals surface area contributed by atoms with E-state index in [-0.39, 0.29) is 11.6 Å². The Morgan fingerprint density at radius 3 is 1.89 bits per heavy atom. The maximum Gasteiger partial charge on any atom is 0.272 e. The summed E-state index contributed by atoms with van der Waals surface area (Å²) >= 11 is 1.36. The molecular formula is C35H34N4O4S. The van der Waals surface area contributed by atoms with Crippen LogP contribution in [-0.4, -0.2) is 28.9 Å². The molecule has 0 aliphatic carbocycles. The summed E-state index contributed by atoms with van der Waals surface area (Å²) < 4.78 is 0. The van der Waals surface area contributed by atoms with Gasteiger partial charge >= 0.3 is 0 Å². The van der Waals surface area contributed by atoms with E-state index in [0.29, 0.717) is 28.4 Å². The largest absolute Gasteiger partial charge is 0.366 e. The molecule has 0 heterocycles. The van der Waals surface area contributed by atoms with Crippen LogP contribution in [0.1, 0.15) is 58.5 Å². The molecule has 0 spiro atoms. The van der Waals surface area contributed by atoms with E-state index in [4.69, 9.17) is 5.73 Å². The highest BCUT2D eigenvalue weighted by Crippen LogP contribution is 2.26. The minimum absolute atomic E-state index is 0.101. The Hall–Kier alpha value is -5.15. The van der Waals surface area contributed by atoms with Crippen LogP contribution in [0.5, 0.6) is 0 Å². The first kappa shape index (κ1) is 31.8. The molecule has 4 aromatic rings. The van der Waals surface area contributed by atoms with Gasteiger partial charge in [-0.15, -0.1) is 11.8 Å². The lowest BCUT2D eigenvalue weighted by atomic mass is 10.0. The van der Waals surface area contributed by atoms with Crippen molar-refractivity contribution in [3.05, 3.63) is 131 Å². The Balaban J connectivity index is 1.42. The molecule has 0 saturated heterocycles. The van der Waals surface area contributed by atoms with Gasteiger partial charge in [0.05, 0.1) is 5.25 Å². The lowest BCUT2D eigenvalue weighted by Gasteiger charge is -2.14. The number of nitrogens with one attached hydrogen (secondary N) is 3. The predicted molar refractivity (Wildman–Crippen MR) is 176 cm³/mol. The van der Waals surface area contributed by atoms with Gasteiger partial charge in [0.15, 0.2) is 0 Å². The molecule has 224 valence electrons. The van der Waals surface area contributed by atoms with Crippen molar-refractivity contribution in [3.8, 4) is 0 Å². The maximum absolute atomic E-state index is 13.4. The van der Waals surface area contributed by atoms with Gasteiger partial charge in [-0.1, -0.05) is 56.3 Å². The Morgan fingerprint density at radius 2 is 1.30 bits per heavy atom. The normalized spacial score (nSPS) is 11.9. The number of thioether (sulfide) groups is 1. The maximum atomic E-state index is 13.4. The summed E-state index contributed by atoms with van der Waals surface area (Å²) in [5, 5.41) is 8.01. The number of hydrogen-bond donors (Lipinski definition) is 4. The van der Waals surface area contributed by atoms with Gasteiger partial charge in [0, 0.05) is 27.4 Å². The quantitative estimate of drug-likeness (QED) is 0.115. The molecule has 0 fully saturated rings. The molecule has 0 aromatic heterocycles. The molecule has 1 unspecified atom stereocenters. The molecule has 4 aromatic carbocycles. The predicted octanol–water partition coefficient (Wildman–Crippen LogP) is 6.44. The fourth-order valence-corrected chi connectivity index (χ4v) is 4.99. The number of rotatable bonds is 11. The fraction of sp³-hybridized carbons (Fsp3) is 0.143. The standard InChI is InChI=1S/C35H34N4O4S/c1-22(2)25-11-9-24(10-12-25)21-31(39-34(42)27-7-5-4-6-8-27)35(43)38-29-17-19-30(20-18-29)44-23(3)33(41)37-28-15-13-26(14-16-28)32(36)40/h4-23H,1-3H3,(H2,36,40)(H,37,41)(H,38,43)(H,39,42)/b31-21-. The molecule has 5 N–H and O–H groups in total. The SMILES string of the molecule is CC(Sc1ccc(NC(=O)/C(=C/c2ccc(C(C)C)cc2)NC(=O)c2ccccc2)cc1)C(=O)Nc1ccc(C(N)=O)cc1. The monoisotopic (exact) mass is 606 g/mol. The number of anilines is 2. The van der Waals surface area contributed by atoms with Gasteiger partial charge in [-0.25, -0.2) is 0 Å². The van der Waals surface area contributed by atoms with Crippen LogP contribution < -0.4 is 21.7 Å². The van der Waals surface area contributed by atoms with Crippen molar-refractivity contribution in [2.45, 2.75) is 36.8 Å². The van der Waals surface area contributed by atoms with Gasteiger partial charge < -0.3 is 21.7 Å². The van der Waals surface area contributed by atoms with E-state index >= 15 is 0 Å². The number of carbonyl (C=O) groups is 4. The van der Waals surface area contributed by atoms with Gasteiger partial charge in [-0.05, 0) is 90.7 Å². The van der Waals surface area contributed by atoms with Crippen LogP contribution >= 0.6 is 11.8 Å².